The summed E-state index contributed by atoms with van der Waals surface area (Å²) in [5, 5.41) is 0.241. The van der Waals surface area contributed by atoms with Crippen molar-refractivity contribution in [2.75, 3.05) is 0 Å². The Morgan fingerprint density at radius 3 is 2.81 bits per heavy atom. The van der Waals surface area contributed by atoms with Crippen LogP contribution < -0.4 is 0 Å². The van der Waals surface area contributed by atoms with Crippen LogP contribution in [0.15, 0.2) is 18.3 Å². The molecule has 0 amide bonds. The second-order valence-corrected chi connectivity index (χ2v) is 5.03. The molecule has 0 fully saturated rings. The van der Waals surface area contributed by atoms with Gasteiger partial charge >= 0.3 is 0 Å². The van der Waals surface area contributed by atoms with E-state index in [4.69, 9.17) is 11.6 Å². The van der Waals surface area contributed by atoms with Gasteiger partial charge in [-0.05, 0) is 25.0 Å². The summed E-state index contributed by atoms with van der Waals surface area (Å²) in [6.45, 7) is 4.33. The van der Waals surface area contributed by atoms with Crippen LogP contribution in [0.3, 0.4) is 0 Å². The third kappa shape index (κ3) is 4.98. The van der Waals surface area contributed by atoms with Gasteiger partial charge in [-0.25, -0.2) is 0 Å². The fraction of sp³-hybridized carbons (Fsp3) is 0.643. The summed E-state index contributed by atoms with van der Waals surface area (Å²) in [6.07, 6.45) is 9.02. The van der Waals surface area contributed by atoms with Crippen molar-refractivity contribution in [3.63, 3.8) is 0 Å². The summed E-state index contributed by atoms with van der Waals surface area (Å²) in [5.41, 5.74) is 2.40. The maximum atomic E-state index is 6.33. The summed E-state index contributed by atoms with van der Waals surface area (Å²) in [4.78, 5) is 4.38. The Kier molecular flexibility index (Phi) is 6.47. The molecule has 0 aliphatic rings. The Bertz CT molecular complexity index is 299. The second-order valence-electron chi connectivity index (χ2n) is 4.42. The summed E-state index contributed by atoms with van der Waals surface area (Å²) >= 11 is 6.33. The van der Waals surface area contributed by atoms with E-state index in [1.54, 1.807) is 0 Å². The predicted octanol–water partition coefficient (Wildman–Crippen LogP) is 4.51. The number of pyridine rings is 1. The third-order valence-corrected chi connectivity index (χ3v) is 3.28. The zero-order valence-electron chi connectivity index (χ0n) is 10.4. The summed E-state index contributed by atoms with van der Waals surface area (Å²) < 4.78 is 0. The maximum absolute atomic E-state index is 6.33. The number of hydrogen-bond acceptors (Lipinski definition) is 1. The molecule has 0 saturated carbocycles. The first-order chi connectivity index (χ1) is 7.74. The van der Waals surface area contributed by atoms with Gasteiger partial charge in [0.25, 0.3) is 0 Å². The van der Waals surface area contributed by atoms with Gasteiger partial charge in [0.05, 0.1) is 0 Å². The molecular weight excluding hydrogens is 218 g/mol. The predicted molar refractivity (Wildman–Crippen MR) is 71.1 cm³/mol. The highest BCUT2D eigenvalue weighted by Crippen LogP contribution is 2.16. The minimum atomic E-state index is 0.241. The highest BCUT2D eigenvalue weighted by Gasteiger charge is 2.08. The van der Waals surface area contributed by atoms with Crippen molar-refractivity contribution in [2.45, 2.75) is 57.7 Å². The number of halogens is 1. The lowest BCUT2D eigenvalue weighted by Crippen LogP contribution is -2.06. The molecule has 0 radical (unpaired) electrons. The number of rotatable bonds is 7. The van der Waals surface area contributed by atoms with Crippen molar-refractivity contribution in [2.24, 2.45) is 0 Å². The third-order valence-electron chi connectivity index (χ3n) is 2.90. The minimum absolute atomic E-state index is 0.241. The molecule has 0 aliphatic heterocycles. The normalized spacial score (nSPS) is 12.7. The molecule has 0 bridgehead atoms. The summed E-state index contributed by atoms with van der Waals surface area (Å²) in [6, 6.07) is 4.08. The lowest BCUT2D eigenvalue weighted by Gasteiger charge is -2.10. The first-order valence-corrected chi connectivity index (χ1v) is 6.72. The Morgan fingerprint density at radius 2 is 2.12 bits per heavy atom. The van der Waals surface area contributed by atoms with Crippen molar-refractivity contribution in [1.29, 1.82) is 0 Å². The van der Waals surface area contributed by atoms with E-state index >= 15 is 0 Å². The maximum Gasteiger partial charge on any atom is 0.0447 e. The van der Waals surface area contributed by atoms with Crippen LogP contribution in [-0.4, -0.2) is 10.4 Å². The molecule has 2 heteroatoms. The molecule has 1 unspecified atom stereocenters. The van der Waals surface area contributed by atoms with Gasteiger partial charge in [-0.3, -0.25) is 4.98 Å². The average molecular weight is 240 g/mol. The van der Waals surface area contributed by atoms with Crippen LogP contribution in [0, 0.1) is 6.92 Å². The molecule has 0 aromatic carbocycles. The van der Waals surface area contributed by atoms with Gasteiger partial charge in [-0.2, -0.15) is 0 Å². The molecular formula is C14H22ClN. The van der Waals surface area contributed by atoms with Crippen molar-refractivity contribution in [1.82, 2.24) is 4.98 Å². The zero-order chi connectivity index (χ0) is 11.8. The van der Waals surface area contributed by atoms with Crippen LogP contribution in [0.5, 0.6) is 0 Å². The summed E-state index contributed by atoms with van der Waals surface area (Å²) in [7, 11) is 0. The number of nitrogens with zero attached hydrogens (tertiary/aromatic N) is 1. The monoisotopic (exact) mass is 239 g/mol. The smallest absolute Gasteiger partial charge is 0.0447 e. The molecule has 1 nitrogen and oxygen atoms in total. The first-order valence-electron chi connectivity index (χ1n) is 6.28. The standard InChI is InChI=1S/C14H22ClN/c1-3-4-5-6-9-13(15)11-14-12(2)8-7-10-16-14/h7-8,10,13H,3-6,9,11H2,1-2H3. The summed E-state index contributed by atoms with van der Waals surface area (Å²) in [5.74, 6) is 0. The van der Waals surface area contributed by atoms with Gasteiger partial charge in [-0.15, -0.1) is 11.6 Å². The van der Waals surface area contributed by atoms with Gasteiger partial charge in [-0.1, -0.05) is 38.7 Å². The van der Waals surface area contributed by atoms with E-state index in [-0.39, 0.29) is 5.38 Å². The van der Waals surface area contributed by atoms with E-state index in [1.165, 1.54) is 31.2 Å². The van der Waals surface area contributed by atoms with Crippen molar-refractivity contribution in [3.8, 4) is 0 Å². The Balaban J connectivity index is 2.28. The molecule has 0 saturated heterocycles. The van der Waals surface area contributed by atoms with Crippen molar-refractivity contribution >= 4 is 11.6 Å². The molecule has 90 valence electrons. The molecule has 0 N–H and O–H groups in total. The molecule has 0 aliphatic carbocycles. The number of aromatic nitrogens is 1. The molecule has 16 heavy (non-hydrogen) atoms. The van der Waals surface area contributed by atoms with Gasteiger partial charge in [0.15, 0.2) is 0 Å². The van der Waals surface area contributed by atoms with Crippen LogP contribution in [-0.2, 0) is 6.42 Å². The van der Waals surface area contributed by atoms with Crippen LogP contribution in [0.2, 0.25) is 0 Å². The highest BCUT2D eigenvalue weighted by molar-refractivity contribution is 6.20. The van der Waals surface area contributed by atoms with E-state index in [0.717, 1.165) is 18.5 Å². The fourth-order valence-corrected chi connectivity index (χ4v) is 2.14. The Hall–Kier alpha value is -0.560. The van der Waals surface area contributed by atoms with Gasteiger partial charge in [0.2, 0.25) is 0 Å². The van der Waals surface area contributed by atoms with Crippen LogP contribution in [0.4, 0.5) is 0 Å². The SMILES string of the molecule is CCCCCCC(Cl)Cc1ncccc1C. The van der Waals surface area contributed by atoms with E-state index < -0.39 is 0 Å². The van der Waals surface area contributed by atoms with Crippen molar-refractivity contribution in [3.05, 3.63) is 29.6 Å². The fourth-order valence-electron chi connectivity index (χ4n) is 1.84. The van der Waals surface area contributed by atoms with E-state index in [0.29, 0.717) is 0 Å². The molecule has 1 heterocycles. The lowest BCUT2D eigenvalue weighted by molar-refractivity contribution is 0.608. The molecule has 0 spiro atoms. The number of unbranched alkanes of at least 4 members (excludes halogenated alkanes) is 3. The number of hydrogen-bond donors (Lipinski definition) is 0. The quantitative estimate of drug-likeness (QED) is 0.504. The first kappa shape index (κ1) is 13.5. The number of alkyl halides is 1. The highest BCUT2D eigenvalue weighted by atomic mass is 35.5. The zero-order valence-corrected chi connectivity index (χ0v) is 11.1. The average Bonchev–Trinajstić information content (AvgIpc) is 2.28. The topological polar surface area (TPSA) is 12.9 Å². The largest absolute Gasteiger partial charge is 0.261 e. The number of aryl methyl sites for hydroxylation is 1. The van der Waals surface area contributed by atoms with Gasteiger partial charge < -0.3 is 0 Å². The molecule has 1 rings (SSSR count). The minimum Gasteiger partial charge on any atom is -0.261 e. The van der Waals surface area contributed by atoms with E-state index in [2.05, 4.69) is 24.9 Å². The van der Waals surface area contributed by atoms with Crippen molar-refractivity contribution < 1.29 is 0 Å². The van der Waals surface area contributed by atoms with Gasteiger partial charge in [0, 0.05) is 23.7 Å². The molecule has 1 aromatic rings. The van der Waals surface area contributed by atoms with Crippen LogP contribution in [0.25, 0.3) is 0 Å². The Morgan fingerprint density at radius 1 is 1.31 bits per heavy atom. The van der Waals surface area contributed by atoms with Crippen LogP contribution in [0.1, 0.15) is 50.3 Å². The van der Waals surface area contributed by atoms with E-state index in [9.17, 15) is 0 Å². The Labute approximate surface area is 104 Å². The van der Waals surface area contributed by atoms with Crippen LogP contribution >= 0.6 is 11.6 Å². The molecule has 1 atom stereocenters. The van der Waals surface area contributed by atoms with E-state index in [1.807, 2.05) is 12.3 Å². The lowest BCUT2D eigenvalue weighted by atomic mass is 10.1. The second kappa shape index (κ2) is 7.67. The van der Waals surface area contributed by atoms with Gasteiger partial charge in [0.1, 0.15) is 0 Å². The molecule has 1 aromatic heterocycles.